The summed E-state index contributed by atoms with van der Waals surface area (Å²) >= 11 is 0. The van der Waals surface area contributed by atoms with E-state index in [-0.39, 0.29) is 12.5 Å². The van der Waals surface area contributed by atoms with E-state index in [2.05, 4.69) is 0 Å². The van der Waals surface area contributed by atoms with Gasteiger partial charge < -0.3 is 15.1 Å². The summed E-state index contributed by atoms with van der Waals surface area (Å²) in [5.74, 6) is -2.06. The number of carbonyl (C=O) groups is 2. The van der Waals surface area contributed by atoms with E-state index in [0.717, 1.165) is 12.8 Å². The highest BCUT2D eigenvalue weighted by Crippen LogP contribution is 2.31. The first-order valence-electron chi connectivity index (χ1n) is 6.42. The highest BCUT2D eigenvalue weighted by Gasteiger charge is 2.37. The van der Waals surface area contributed by atoms with Crippen molar-refractivity contribution in [2.24, 2.45) is 11.8 Å². The summed E-state index contributed by atoms with van der Waals surface area (Å²) in [6.07, 6.45) is 2.97. The highest BCUT2D eigenvalue weighted by atomic mass is 16.4. The third-order valence-corrected chi connectivity index (χ3v) is 3.40. The molecule has 0 radical (unpaired) electrons. The maximum Gasteiger partial charge on any atom is 0.307 e. The van der Waals surface area contributed by atoms with Crippen LogP contribution in [0.25, 0.3) is 0 Å². The van der Waals surface area contributed by atoms with Gasteiger partial charge in [-0.15, -0.1) is 0 Å². The molecule has 1 aliphatic carbocycles. The van der Waals surface area contributed by atoms with Crippen molar-refractivity contribution in [1.29, 1.82) is 0 Å². The lowest BCUT2D eigenvalue weighted by molar-refractivity contribution is -0.152. The molecular weight excluding hydrogens is 234 g/mol. The minimum Gasteiger partial charge on any atom is -0.481 e. The van der Waals surface area contributed by atoms with Gasteiger partial charge in [0.1, 0.15) is 0 Å². The Labute approximate surface area is 108 Å². The first-order valence-corrected chi connectivity index (χ1v) is 6.42. The molecule has 0 saturated heterocycles. The number of aliphatic hydroxyl groups is 1. The predicted molar refractivity (Wildman–Crippen MR) is 67.0 cm³/mol. The quantitative estimate of drug-likeness (QED) is 0.790. The Bertz CT molecular complexity index is 321. The Kier molecular flexibility index (Phi) is 4.73. The van der Waals surface area contributed by atoms with E-state index < -0.39 is 23.4 Å². The average molecular weight is 257 g/mol. The van der Waals surface area contributed by atoms with Crippen molar-refractivity contribution in [2.75, 3.05) is 13.6 Å². The van der Waals surface area contributed by atoms with Crippen LogP contribution in [0.2, 0.25) is 0 Å². The molecule has 104 valence electrons. The molecule has 5 heteroatoms. The first-order chi connectivity index (χ1) is 8.22. The predicted octanol–water partition coefficient (Wildman–Crippen LogP) is 1.11. The molecule has 0 heterocycles. The van der Waals surface area contributed by atoms with E-state index in [0.29, 0.717) is 12.8 Å². The molecule has 0 aromatic rings. The molecule has 1 saturated carbocycles. The SMILES string of the molecule is CN(CC(C)(C)O)C(=O)C1CCCCC1C(=O)O. The maximum atomic E-state index is 12.2. The van der Waals surface area contributed by atoms with Gasteiger partial charge in [0.15, 0.2) is 0 Å². The monoisotopic (exact) mass is 257 g/mol. The van der Waals surface area contributed by atoms with Crippen molar-refractivity contribution >= 4 is 11.9 Å². The first kappa shape index (κ1) is 15.0. The normalized spacial score (nSPS) is 24.7. The highest BCUT2D eigenvalue weighted by molar-refractivity contribution is 5.84. The zero-order chi connectivity index (χ0) is 13.9. The summed E-state index contributed by atoms with van der Waals surface area (Å²) in [7, 11) is 1.62. The summed E-state index contributed by atoms with van der Waals surface area (Å²) in [5.41, 5.74) is -0.961. The van der Waals surface area contributed by atoms with E-state index in [9.17, 15) is 14.7 Å². The Morgan fingerprint density at radius 2 is 1.72 bits per heavy atom. The molecule has 1 fully saturated rings. The van der Waals surface area contributed by atoms with Crippen LogP contribution in [-0.4, -0.2) is 46.2 Å². The fraction of sp³-hybridized carbons (Fsp3) is 0.846. The van der Waals surface area contributed by atoms with Gasteiger partial charge in [-0.3, -0.25) is 9.59 Å². The second kappa shape index (κ2) is 5.69. The zero-order valence-corrected chi connectivity index (χ0v) is 11.3. The van der Waals surface area contributed by atoms with E-state index in [1.807, 2.05) is 0 Å². The van der Waals surface area contributed by atoms with Crippen molar-refractivity contribution in [1.82, 2.24) is 4.90 Å². The number of amides is 1. The minimum absolute atomic E-state index is 0.163. The molecule has 2 atom stereocenters. The topological polar surface area (TPSA) is 77.8 Å². The van der Waals surface area contributed by atoms with E-state index in [4.69, 9.17) is 5.11 Å². The van der Waals surface area contributed by atoms with Crippen molar-refractivity contribution in [3.05, 3.63) is 0 Å². The summed E-state index contributed by atoms with van der Waals surface area (Å²) in [6, 6.07) is 0. The molecule has 1 aliphatic rings. The second-order valence-corrected chi connectivity index (χ2v) is 5.84. The summed E-state index contributed by atoms with van der Waals surface area (Å²) < 4.78 is 0. The largest absolute Gasteiger partial charge is 0.481 e. The number of carboxylic acid groups (broad SMARTS) is 1. The Hall–Kier alpha value is -1.10. The second-order valence-electron chi connectivity index (χ2n) is 5.84. The maximum absolute atomic E-state index is 12.2. The molecule has 1 rings (SSSR count). The Balaban J connectivity index is 2.71. The third kappa shape index (κ3) is 3.98. The molecule has 0 aromatic heterocycles. The smallest absolute Gasteiger partial charge is 0.307 e. The fourth-order valence-corrected chi connectivity index (χ4v) is 2.66. The van der Waals surface area contributed by atoms with Gasteiger partial charge >= 0.3 is 5.97 Å². The zero-order valence-electron chi connectivity index (χ0n) is 11.3. The van der Waals surface area contributed by atoms with Crippen molar-refractivity contribution in [3.8, 4) is 0 Å². The van der Waals surface area contributed by atoms with Crippen LogP contribution in [0.15, 0.2) is 0 Å². The van der Waals surface area contributed by atoms with Gasteiger partial charge in [0, 0.05) is 13.6 Å². The third-order valence-electron chi connectivity index (χ3n) is 3.40. The van der Waals surface area contributed by atoms with Crippen LogP contribution in [0.4, 0.5) is 0 Å². The Morgan fingerprint density at radius 3 is 2.17 bits per heavy atom. The van der Waals surface area contributed by atoms with Gasteiger partial charge in [0.25, 0.3) is 0 Å². The number of aliphatic carboxylic acids is 1. The minimum atomic E-state index is -0.961. The van der Waals surface area contributed by atoms with Gasteiger partial charge in [0.2, 0.25) is 5.91 Å². The van der Waals surface area contributed by atoms with Crippen LogP contribution in [0.1, 0.15) is 39.5 Å². The number of carbonyl (C=O) groups excluding carboxylic acids is 1. The van der Waals surface area contributed by atoms with Crippen LogP contribution in [0.5, 0.6) is 0 Å². The number of likely N-dealkylation sites (N-methyl/N-ethyl adjacent to an activating group) is 1. The van der Waals surface area contributed by atoms with Crippen LogP contribution >= 0.6 is 0 Å². The van der Waals surface area contributed by atoms with Crippen LogP contribution in [-0.2, 0) is 9.59 Å². The summed E-state index contributed by atoms with van der Waals surface area (Å²) in [6.45, 7) is 3.48. The van der Waals surface area contributed by atoms with Crippen LogP contribution in [0.3, 0.4) is 0 Å². The van der Waals surface area contributed by atoms with Crippen LogP contribution < -0.4 is 0 Å². The Morgan fingerprint density at radius 1 is 1.22 bits per heavy atom. The number of rotatable bonds is 4. The average Bonchev–Trinajstić information content (AvgIpc) is 2.25. The summed E-state index contributed by atoms with van der Waals surface area (Å²) in [5, 5.41) is 18.9. The molecule has 2 unspecified atom stereocenters. The lowest BCUT2D eigenvalue weighted by atomic mass is 9.78. The van der Waals surface area contributed by atoms with Crippen molar-refractivity contribution < 1.29 is 19.8 Å². The number of hydrogen-bond acceptors (Lipinski definition) is 3. The van der Waals surface area contributed by atoms with Crippen LogP contribution in [0, 0.1) is 11.8 Å². The molecule has 0 spiro atoms. The van der Waals surface area contributed by atoms with Gasteiger partial charge in [-0.25, -0.2) is 0 Å². The molecule has 18 heavy (non-hydrogen) atoms. The number of carboxylic acids is 1. The molecule has 0 aromatic carbocycles. The molecule has 0 bridgehead atoms. The van der Waals surface area contributed by atoms with E-state index in [1.54, 1.807) is 20.9 Å². The number of hydrogen-bond donors (Lipinski definition) is 2. The molecule has 1 amide bonds. The standard InChI is InChI=1S/C13H23NO4/c1-13(2,18)8-14(3)11(15)9-6-4-5-7-10(9)12(16)17/h9-10,18H,4-8H2,1-3H3,(H,16,17). The van der Waals surface area contributed by atoms with Crippen molar-refractivity contribution in [2.45, 2.75) is 45.1 Å². The molecule has 2 N–H and O–H groups in total. The van der Waals surface area contributed by atoms with E-state index >= 15 is 0 Å². The van der Waals surface area contributed by atoms with Gasteiger partial charge in [-0.1, -0.05) is 12.8 Å². The molecular formula is C13H23NO4. The number of nitrogens with zero attached hydrogens (tertiary/aromatic N) is 1. The fourth-order valence-electron chi connectivity index (χ4n) is 2.66. The van der Waals surface area contributed by atoms with Crippen molar-refractivity contribution in [3.63, 3.8) is 0 Å². The van der Waals surface area contributed by atoms with Gasteiger partial charge in [0.05, 0.1) is 17.4 Å². The van der Waals surface area contributed by atoms with Gasteiger partial charge in [-0.05, 0) is 26.7 Å². The molecule has 5 nitrogen and oxygen atoms in total. The summed E-state index contributed by atoms with van der Waals surface area (Å²) in [4.78, 5) is 24.8. The molecule has 0 aliphatic heterocycles. The van der Waals surface area contributed by atoms with E-state index in [1.165, 1.54) is 4.90 Å². The lowest BCUT2D eigenvalue weighted by Crippen LogP contribution is -2.45. The van der Waals surface area contributed by atoms with Gasteiger partial charge in [-0.2, -0.15) is 0 Å². The lowest BCUT2D eigenvalue weighted by Gasteiger charge is -2.33.